The maximum Gasteiger partial charge on any atom is 0.225 e. The predicted molar refractivity (Wildman–Crippen MR) is 138 cm³/mol. The second kappa shape index (κ2) is 10.6. The zero-order chi connectivity index (χ0) is 24.9. The van der Waals surface area contributed by atoms with Crippen molar-refractivity contribution < 1.29 is 14.1 Å². The van der Waals surface area contributed by atoms with Crippen LogP contribution >= 0.6 is 0 Å². The van der Waals surface area contributed by atoms with Gasteiger partial charge in [-0.15, -0.1) is 0 Å². The summed E-state index contributed by atoms with van der Waals surface area (Å²) in [5.41, 5.74) is 7.22. The quantitative estimate of drug-likeness (QED) is 0.321. The van der Waals surface area contributed by atoms with Gasteiger partial charge in [-0.05, 0) is 63.4 Å². The smallest absolute Gasteiger partial charge is 0.225 e. The van der Waals surface area contributed by atoms with Crippen LogP contribution in [0.15, 0.2) is 77.3 Å². The molecular weight excluding hydrogens is 436 g/mol. The maximum atomic E-state index is 13.0. The monoisotopic (exact) mass is 468 g/mol. The lowest BCUT2D eigenvalue weighted by molar-refractivity contribution is -0.120. The van der Waals surface area contributed by atoms with Crippen molar-refractivity contribution in [1.82, 2.24) is 10.5 Å². The van der Waals surface area contributed by atoms with Crippen molar-refractivity contribution >= 4 is 5.91 Å². The molecule has 1 heterocycles. The van der Waals surface area contributed by atoms with Crippen molar-refractivity contribution in [2.75, 3.05) is 0 Å². The summed E-state index contributed by atoms with van der Waals surface area (Å²) in [6, 6.07) is 24.1. The van der Waals surface area contributed by atoms with Crippen molar-refractivity contribution in [3.05, 3.63) is 118 Å². The average molecular weight is 469 g/mol. The van der Waals surface area contributed by atoms with Crippen molar-refractivity contribution in [1.29, 1.82) is 0 Å². The summed E-state index contributed by atoms with van der Waals surface area (Å²) in [4.78, 5) is 13.0. The number of aryl methyl sites for hydroxylation is 4. The van der Waals surface area contributed by atoms with E-state index in [0.717, 1.165) is 39.5 Å². The molecule has 0 saturated heterocycles. The van der Waals surface area contributed by atoms with Gasteiger partial charge in [0.15, 0.2) is 0 Å². The molecule has 0 aliphatic rings. The summed E-state index contributed by atoms with van der Waals surface area (Å²) in [6.07, 6.45) is 0.105. The van der Waals surface area contributed by atoms with Crippen LogP contribution in [0, 0.1) is 27.7 Å². The Kier molecular flexibility index (Phi) is 7.35. The lowest BCUT2D eigenvalue weighted by Gasteiger charge is -2.20. The number of amides is 1. The molecule has 4 aromatic rings. The van der Waals surface area contributed by atoms with E-state index in [4.69, 9.17) is 9.26 Å². The van der Waals surface area contributed by atoms with E-state index in [2.05, 4.69) is 72.9 Å². The second-order valence-corrected chi connectivity index (χ2v) is 9.14. The molecule has 0 spiro atoms. The third kappa shape index (κ3) is 5.99. The Bertz CT molecular complexity index is 1210. The molecule has 3 aromatic carbocycles. The standard InChI is InChI=1S/C30H32N2O3/c1-19-6-12-25(13-7-19)30(26-14-8-20(2)9-15-26)31-28(33)18-24-10-16-27(17-11-24)34-22(4)29-21(3)32-35-23(29)5/h6-17,22,30H,18H2,1-5H3,(H,31,33). The molecule has 1 aromatic heterocycles. The number of benzene rings is 3. The van der Waals surface area contributed by atoms with Crippen LogP contribution in [-0.2, 0) is 11.2 Å². The van der Waals surface area contributed by atoms with Crippen LogP contribution in [0.1, 0.15) is 63.9 Å². The minimum absolute atomic E-state index is 0.0334. The first-order valence-electron chi connectivity index (χ1n) is 11.9. The SMILES string of the molecule is Cc1ccc(C(NC(=O)Cc2ccc(OC(C)c3c(C)noc3C)cc2)c2ccc(C)cc2)cc1. The van der Waals surface area contributed by atoms with E-state index in [1.165, 1.54) is 11.1 Å². The molecule has 0 radical (unpaired) electrons. The van der Waals surface area contributed by atoms with Crippen LogP contribution in [0.5, 0.6) is 5.75 Å². The summed E-state index contributed by atoms with van der Waals surface area (Å²) in [5.74, 6) is 1.47. The molecule has 1 unspecified atom stereocenters. The highest BCUT2D eigenvalue weighted by molar-refractivity contribution is 5.79. The molecule has 5 nitrogen and oxygen atoms in total. The van der Waals surface area contributed by atoms with Crippen molar-refractivity contribution in [3.63, 3.8) is 0 Å². The minimum Gasteiger partial charge on any atom is -0.486 e. The Hall–Kier alpha value is -3.86. The van der Waals surface area contributed by atoms with E-state index < -0.39 is 0 Å². The summed E-state index contributed by atoms with van der Waals surface area (Å²) < 4.78 is 11.3. The Morgan fingerprint density at radius 1 is 0.857 bits per heavy atom. The van der Waals surface area contributed by atoms with Gasteiger partial charge in [-0.3, -0.25) is 4.79 Å². The molecule has 0 aliphatic carbocycles. The molecular formula is C30H32N2O3. The highest BCUT2D eigenvalue weighted by Gasteiger charge is 2.19. The second-order valence-electron chi connectivity index (χ2n) is 9.14. The van der Waals surface area contributed by atoms with Gasteiger partial charge >= 0.3 is 0 Å². The molecule has 0 fully saturated rings. The third-order valence-corrected chi connectivity index (χ3v) is 6.22. The maximum absolute atomic E-state index is 13.0. The Labute approximate surface area is 207 Å². The van der Waals surface area contributed by atoms with Crippen LogP contribution in [0.3, 0.4) is 0 Å². The van der Waals surface area contributed by atoms with E-state index in [-0.39, 0.29) is 24.5 Å². The van der Waals surface area contributed by atoms with Crippen molar-refractivity contribution in [2.45, 2.75) is 53.2 Å². The number of rotatable bonds is 8. The lowest BCUT2D eigenvalue weighted by atomic mass is 9.96. The van der Waals surface area contributed by atoms with Gasteiger partial charge in [0.2, 0.25) is 5.91 Å². The van der Waals surface area contributed by atoms with Crippen molar-refractivity contribution in [3.8, 4) is 5.75 Å². The van der Waals surface area contributed by atoms with E-state index in [1.807, 2.05) is 45.0 Å². The fourth-order valence-electron chi connectivity index (χ4n) is 4.29. The normalized spacial score (nSPS) is 11.9. The first-order valence-corrected chi connectivity index (χ1v) is 11.9. The summed E-state index contributed by atoms with van der Waals surface area (Å²) >= 11 is 0. The molecule has 5 heteroatoms. The van der Waals surface area contributed by atoms with E-state index in [0.29, 0.717) is 0 Å². The number of carbonyl (C=O) groups is 1. The van der Waals surface area contributed by atoms with E-state index >= 15 is 0 Å². The molecule has 1 N–H and O–H groups in total. The van der Waals surface area contributed by atoms with Crippen LogP contribution in [0.2, 0.25) is 0 Å². The number of nitrogens with zero attached hydrogens (tertiary/aromatic N) is 1. The van der Waals surface area contributed by atoms with Gasteiger partial charge in [0.25, 0.3) is 0 Å². The van der Waals surface area contributed by atoms with Crippen LogP contribution in [0.25, 0.3) is 0 Å². The molecule has 0 bridgehead atoms. The first kappa shape index (κ1) is 24.3. The number of carbonyl (C=O) groups excluding carboxylic acids is 1. The summed E-state index contributed by atoms with van der Waals surface area (Å²) in [5, 5.41) is 7.23. The molecule has 0 aliphatic heterocycles. The average Bonchev–Trinajstić information content (AvgIpc) is 3.18. The Morgan fingerprint density at radius 3 is 1.89 bits per heavy atom. The highest BCUT2D eigenvalue weighted by atomic mass is 16.5. The summed E-state index contributed by atoms with van der Waals surface area (Å²) in [7, 11) is 0. The molecule has 0 saturated carbocycles. The summed E-state index contributed by atoms with van der Waals surface area (Å²) in [6.45, 7) is 9.90. The zero-order valence-corrected chi connectivity index (χ0v) is 21.0. The van der Waals surface area contributed by atoms with Crippen LogP contribution < -0.4 is 10.1 Å². The van der Waals surface area contributed by atoms with Gasteiger partial charge in [0.1, 0.15) is 17.6 Å². The number of hydrogen-bond donors (Lipinski definition) is 1. The zero-order valence-electron chi connectivity index (χ0n) is 21.0. The number of aromatic nitrogens is 1. The van der Waals surface area contributed by atoms with Crippen LogP contribution in [-0.4, -0.2) is 11.1 Å². The fourth-order valence-corrected chi connectivity index (χ4v) is 4.29. The number of ether oxygens (including phenoxy) is 1. The lowest BCUT2D eigenvalue weighted by Crippen LogP contribution is -2.30. The minimum atomic E-state index is -0.206. The molecule has 1 amide bonds. The molecule has 1 atom stereocenters. The van der Waals surface area contributed by atoms with Crippen LogP contribution in [0.4, 0.5) is 0 Å². The molecule has 35 heavy (non-hydrogen) atoms. The largest absolute Gasteiger partial charge is 0.486 e. The van der Waals surface area contributed by atoms with Gasteiger partial charge < -0.3 is 14.6 Å². The van der Waals surface area contributed by atoms with Gasteiger partial charge in [0, 0.05) is 0 Å². The van der Waals surface area contributed by atoms with Gasteiger partial charge in [-0.2, -0.15) is 0 Å². The molecule has 180 valence electrons. The fraction of sp³-hybridized carbons (Fsp3) is 0.267. The van der Waals surface area contributed by atoms with E-state index in [1.54, 1.807) is 0 Å². The van der Waals surface area contributed by atoms with Crippen molar-refractivity contribution in [2.24, 2.45) is 0 Å². The van der Waals surface area contributed by atoms with Gasteiger partial charge in [0.05, 0.1) is 23.7 Å². The van der Waals surface area contributed by atoms with E-state index in [9.17, 15) is 4.79 Å². The first-order chi connectivity index (χ1) is 16.8. The van der Waals surface area contributed by atoms with Gasteiger partial charge in [-0.25, -0.2) is 0 Å². The molecule has 4 rings (SSSR count). The number of hydrogen-bond acceptors (Lipinski definition) is 4. The predicted octanol–water partition coefficient (Wildman–Crippen LogP) is 6.50. The Morgan fingerprint density at radius 2 is 1.40 bits per heavy atom. The number of nitrogens with one attached hydrogen (secondary N) is 1. The highest BCUT2D eigenvalue weighted by Crippen LogP contribution is 2.27. The topological polar surface area (TPSA) is 64.4 Å². The van der Waals surface area contributed by atoms with Gasteiger partial charge in [-0.1, -0.05) is 76.9 Å². The third-order valence-electron chi connectivity index (χ3n) is 6.22. The Balaban J connectivity index is 1.44.